The second kappa shape index (κ2) is 4.62. The minimum Gasteiger partial charge on any atom is -0.456 e. The summed E-state index contributed by atoms with van der Waals surface area (Å²) in [4.78, 5) is 0. The van der Waals surface area contributed by atoms with Gasteiger partial charge in [-0.05, 0) is 30.3 Å². The summed E-state index contributed by atoms with van der Waals surface area (Å²) in [7, 11) is 0. The zero-order valence-electron chi connectivity index (χ0n) is 8.65. The van der Waals surface area contributed by atoms with Gasteiger partial charge in [-0.1, -0.05) is 6.07 Å². The fraction of sp³-hybridized carbons (Fsp3) is 0. The summed E-state index contributed by atoms with van der Waals surface area (Å²) in [6.07, 6.45) is 0. The van der Waals surface area contributed by atoms with Gasteiger partial charge in [-0.15, -0.1) is 0 Å². The lowest BCUT2D eigenvalue weighted by Gasteiger charge is -2.07. The Morgan fingerprint density at radius 1 is 1.00 bits per heavy atom. The third-order valence-electron chi connectivity index (χ3n) is 2.09. The topological polar surface area (TPSA) is 33.0 Å². The number of halogens is 2. The average Bonchev–Trinajstić information content (AvgIpc) is 2.31. The molecule has 0 aliphatic heterocycles. The summed E-state index contributed by atoms with van der Waals surface area (Å²) in [6, 6.07) is 10.9. The van der Waals surface area contributed by atoms with E-state index in [0.717, 1.165) is 6.07 Å². The van der Waals surface area contributed by atoms with Crippen LogP contribution in [0.4, 0.5) is 8.78 Å². The summed E-state index contributed by atoms with van der Waals surface area (Å²) in [5.74, 6) is -0.510. The maximum Gasteiger partial charge on any atom is 0.145 e. The number of benzene rings is 2. The Labute approximate surface area is 96.7 Å². The summed E-state index contributed by atoms with van der Waals surface area (Å²) in [5, 5.41) is 8.80. The molecule has 0 radical (unpaired) electrons. The lowest BCUT2D eigenvalue weighted by molar-refractivity contribution is 0.473. The maximum absolute atomic E-state index is 12.9. The SMILES string of the molecule is N#Cc1cc(F)ccc1Oc1cccc(F)c1. The molecule has 0 amide bonds. The van der Waals surface area contributed by atoms with E-state index in [4.69, 9.17) is 10.00 Å². The summed E-state index contributed by atoms with van der Waals surface area (Å²) < 4.78 is 31.1. The molecule has 0 saturated heterocycles. The number of ether oxygens (including phenoxy) is 1. The van der Waals surface area contributed by atoms with Crippen molar-refractivity contribution in [1.82, 2.24) is 0 Å². The van der Waals surface area contributed by atoms with E-state index in [-0.39, 0.29) is 17.1 Å². The molecule has 2 rings (SSSR count). The highest BCUT2D eigenvalue weighted by Gasteiger charge is 2.06. The summed E-state index contributed by atoms with van der Waals surface area (Å²) >= 11 is 0. The highest BCUT2D eigenvalue weighted by Crippen LogP contribution is 2.25. The molecule has 0 heterocycles. The van der Waals surface area contributed by atoms with Crippen molar-refractivity contribution in [3.63, 3.8) is 0 Å². The summed E-state index contributed by atoms with van der Waals surface area (Å²) in [5.41, 5.74) is 0.0641. The van der Waals surface area contributed by atoms with Gasteiger partial charge < -0.3 is 4.74 Å². The van der Waals surface area contributed by atoms with E-state index in [1.54, 1.807) is 6.07 Å². The zero-order chi connectivity index (χ0) is 12.3. The highest BCUT2D eigenvalue weighted by molar-refractivity contribution is 5.45. The van der Waals surface area contributed by atoms with Gasteiger partial charge in [0.25, 0.3) is 0 Å². The van der Waals surface area contributed by atoms with Crippen molar-refractivity contribution in [2.45, 2.75) is 0 Å². The van der Waals surface area contributed by atoms with Gasteiger partial charge in [-0.25, -0.2) is 8.78 Å². The first-order valence-corrected chi connectivity index (χ1v) is 4.82. The van der Waals surface area contributed by atoms with E-state index < -0.39 is 11.6 Å². The Hall–Kier alpha value is -2.41. The molecule has 0 unspecified atom stereocenters. The van der Waals surface area contributed by atoms with E-state index in [9.17, 15) is 8.78 Å². The Balaban J connectivity index is 2.34. The quantitative estimate of drug-likeness (QED) is 0.790. The highest BCUT2D eigenvalue weighted by atomic mass is 19.1. The van der Waals surface area contributed by atoms with Crippen LogP contribution in [0, 0.1) is 23.0 Å². The van der Waals surface area contributed by atoms with Crippen LogP contribution in [0.25, 0.3) is 0 Å². The Morgan fingerprint density at radius 2 is 1.76 bits per heavy atom. The van der Waals surface area contributed by atoms with Crippen molar-refractivity contribution in [3.05, 3.63) is 59.7 Å². The minimum atomic E-state index is -0.520. The van der Waals surface area contributed by atoms with Crippen LogP contribution in [0.3, 0.4) is 0 Å². The first-order valence-electron chi connectivity index (χ1n) is 4.82. The molecule has 0 fully saturated rings. The van der Waals surface area contributed by atoms with Crippen LogP contribution >= 0.6 is 0 Å². The number of hydrogen-bond donors (Lipinski definition) is 0. The van der Waals surface area contributed by atoms with E-state index in [0.29, 0.717) is 0 Å². The normalized spacial score (nSPS) is 9.71. The molecule has 0 aliphatic carbocycles. The van der Waals surface area contributed by atoms with E-state index >= 15 is 0 Å². The van der Waals surface area contributed by atoms with Gasteiger partial charge in [0, 0.05) is 6.07 Å². The van der Waals surface area contributed by atoms with Gasteiger partial charge in [0.05, 0.1) is 5.56 Å². The van der Waals surface area contributed by atoms with Crippen molar-refractivity contribution in [1.29, 1.82) is 5.26 Å². The Morgan fingerprint density at radius 3 is 2.47 bits per heavy atom. The van der Waals surface area contributed by atoms with Gasteiger partial charge in [-0.3, -0.25) is 0 Å². The van der Waals surface area contributed by atoms with Crippen LogP contribution < -0.4 is 4.74 Å². The fourth-order valence-corrected chi connectivity index (χ4v) is 1.34. The Kier molecular flexibility index (Phi) is 3.01. The first-order chi connectivity index (χ1) is 8.19. The molecule has 0 aliphatic rings. The Bertz CT molecular complexity index is 590. The molecular weight excluding hydrogens is 224 g/mol. The molecule has 17 heavy (non-hydrogen) atoms. The van der Waals surface area contributed by atoms with Gasteiger partial charge >= 0.3 is 0 Å². The first kappa shape index (κ1) is 11.1. The molecule has 0 aromatic heterocycles. The van der Waals surface area contributed by atoms with E-state index in [1.165, 1.54) is 30.3 Å². The second-order valence-electron chi connectivity index (χ2n) is 3.31. The van der Waals surface area contributed by atoms with Gasteiger partial charge in [-0.2, -0.15) is 5.26 Å². The molecule has 0 N–H and O–H groups in total. The second-order valence-corrected chi connectivity index (χ2v) is 3.31. The average molecular weight is 231 g/mol. The molecule has 2 aromatic rings. The zero-order valence-corrected chi connectivity index (χ0v) is 8.65. The predicted molar refractivity (Wildman–Crippen MR) is 57.6 cm³/mol. The standard InChI is InChI=1S/C13H7F2NO/c14-10-2-1-3-12(7-10)17-13-5-4-11(15)6-9(13)8-16/h1-7H. The van der Waals surface area contributed by atoms with Crippen molar-refractivity contribution in [3.8, 4) is 17.6 Å². The van der Waals surface area contributed by atoms with Crippen LogP contribution in [-0.2, 0) is 0 Å². The number of rotatable bonds is 2. The van der Waals surface area contributed by atoms with Gasteiger partial charge in [0.15, 0.2) is 0 Å². The van der Waals surface area contributed by atoms with Crippen LogP contribution in [-0.4, -0.2) is 0 Å². The largest absolute Gasteiger partial charge is 0.456 e. The molecule has 0 saturated carbocycles. The smallest absolute Gasteiger partial charge is 0.145 e. The van der Waals surface area contributed by atoms with Crippen LogP contribution in [0.2, 0.25) is 0 Å². The minimum absolute atomic E-state index is 0.0641. The van der Waals surface area contributed by atoms with Crippen molar-refractivity contribution >= 4 is 0 Å². The van der Waals surface area contributed by atoms with Crippen LogP contribution in [0.1, 0.15) is 5.56 Å². The van der Waals surface area contributed by atoms with Crippen molar-refractivity contribution in [2.75, 3.05) is 0 Å². The predicted octanol–water partition coefficient (Wildman–Crippen LogP) is 3.63. The lowest BCUT2D eigenvalue weighted by atomic mass is 10.2. The van der Waals surface area contributed by atoms with Crippen molar-refractivity contribution in [2.24, 2.45) is 0 Å². The third-order valence-corrected chi connectivity index (χ3v) is 2.09. The van der Waals surface area contributed by atoms with Crippen LogP contribution in [0.15, 0.2) is 42.5 Å². The fourth-order valence-electron chi connectivity index (χ4n) is 1.34. The molecule has 2 nitrogen and oxygen atoms in total. The van der Waals surface area contributed by atoms with E-state index in [2.05, 4.69) is 0 Å². The molecule has 84 valence electrons. The number of hydrogen-bond acceptors (Lipinski definition) is 2. The number of nitrogens with zero attached hydrogens (tertiary/aromatic N) is 1. The van der Waals surface area contributed by atoms with Gasteiger partial charge in [0.2, 0.25) is 0 Å². The molecule has 2 aromatic carbocycles. The molecular formula is C13H7F2NO. The monoisotopic (exact) mass is 231 g/mol. The molecule has 4 heteroatoms. The van der Waals surface area contributed by atoms with E-state index in [1.807, 2.05) is 6.07 Å². The molecule has 0 bridgehead atoms. The van der Waals surface area contributed by atoms with Crippen molar-refractivity contribution < 1.29 is 13.5 Å². The number of nitriles is 1. The maximum atomic E-state index is 12.9. The van der Waals surface area contributed by atoms with Gasteiger partial charge in [0.1, 0.15) is 29.2 Å². The molecule has 0 spiro atoms. The van der Waals surface area contributed by atoms with Crippen LogP contribution in [0.5, 0.6) is 11.5 Å². The third kappa shape index (κ3) is 2.58. The molecule has 0 atom stereocenters. The lowest BCUT2D eigenvalue weighted by Crippen LogP contribution is -1.89. The summed E-state index contributed by atoms with van der Waals surface area (Å²) in [6.45, 7) is 0.